The van der Waals surface area contributed by atoms with E-state index in [1.54, 1.807) is 0 Å². The van der Waals surface area contributed by atoms with E-state index in [9.17, 15) is 24.5 Å². The molecule has 0 bridgehead atoms. The van der Waals surface area contributed by atoms with Gasteiger partial charge in [-0.2, -0.15) is 0 Å². The average molecular weight is 409 g/mol. The van der Waals surface area contributed by atoms with Gasteiger partial charge in [-0.3, -0.25) is 29.4 Å². The van der Waals surface area contributed by atoms with Gasteiger partial charge in [-0.05, 0) is 36.5 Å². The molecule has 1 unspecified atom stereocenters. The summed E-state index contributed by atoms with van der Waals surface area (Å²) >= 11 is 0. The summed E-state index contributed by atoms with van der Waals surface area (Å²) < 4.78 is 0. The molecule has 1 N–H and O–H groups in total. The molecule has 3 amide bonds. The number of nitro benzene ring substituents is 1. The lowest BCUT2D eigenvalue weighted by atomic mass is 10.00. The monoisotopic (exact) mass is 409 g/mol. The van der Waals surface area contributed by atoms with Crippen LogP contribution in [0.3, 0.4) is 0 Å². The molecule has 8 nitrogen and oxygen atoms in total. The minimum absolute atomic E-state index is 0.0595. The number of amides is 3. The van der Waals surface area contributed by atoms with Crippen molar-refractivity contribution in [3.8, 4) is 0 Å². The lowest BCUT2D eigenvalue weighted by Gasteiger charge is -2.18. The molecule has 2 aromatic carbocycles. The second-order valence-corrected chi connectivity index (χ2v) is 7.81. The SMILES string of the molecule is CC(C)Cc1ccc(C(C)NC(=O)CN2C(=O)c3ccc([N+](=O)[O-])cc3C2=O)cc1. The second-order valence-electron chi connectivity index (χ2n) is 7.81. The van der Waals surface area contributed by atoms with Crippen molar-refractivity contribution in [3.05, 3.63) is 74.8 Å². The molecule has 0 fully saturated rings. The fourth-order valence-electron chi connectivity index (χ4n) is 3.46. The first kappa shape index (κ1) is 21.2. The zero-order valence-electron chi connectivity index (χ0n) is 17.0. The van der Waals surface area contributed by atoms with Crippen LogP contribution in [-0.4, -0.2) is 34.1 Å². The van der Waals surface area contributed by atoms with Gasteiger partial charge in [-0.25, -0.2) is 0 Å². The standard InChI is InChI=1S/C22H23N3O5/c1-13(2)10-15-4-6-16(7-5-15)14(3)23-20(26)12-24-21(27)18-9-8-17(25(29)30)11-19(18)22(24)28/h4-9,11,13-14H,10,12H2,1-3H3,(H,23,26). The van der Waals surface area contributed by atoms with Crippen molar-refractivity contribution >= 4 is 23.4 Å². The summed E-state index contributed by atoms with van der Waals surface area (Å²) in [5.74, 6) is -1.28. The third-order valence-corrected chi connectivity index (χ3v) is 4.97. The number of carbonyl (C=O) groups is 3. The maximum absolute atomic E-state index is 12.5. The Labute approximate surface area is 174 Å². The Balaban J connectivity index is 1.65. The number of carbonyl (C=O) groups excluding carboxylic acids is 3. The molecule has 0 saturated heterocycles. The quantitative estimate of drug-likeness (QED) is 0.429. The van der Waals surface area contributed by atoms with Gasteiger partial charge in [0, 0.05) is 12.1 Å². The largest absolute Gasteiger partial charge is 0.348 e. The number of hydrogen-bond donors (Lipinski definition) is 1. The number of imide groups is 1. The third kappa shape index (κ3) is 4.37. The lowest BCUT2D eigenvalue weighted by Crippen LogP contribution is -2.41. The number of nitrogens with one attached hydrogen (secondary N) is 1. The van der Waals surface area contributed by atoms with Gasteiger partial charge in [0.05, 0.1) is 22.1 Å². The van der Waals surface area contributed by atoms with Crippen molar-refractivity contribution in [2.75, 3.05) is 6.54 Å². The van der Waals surface area contributed by atoms with Crippen LogP contribution in [0.4, 0.5) is 5.69 Å². The first-order valence-corrected chi connectivity index (χ1v) is 9.70. The second kappa shape index (κ2) is 8.44. The summed E-state index contributed by atoms with van der Waals surface area (Å²) in [4.78, 5) is 48.5. The highest BCUT2D eigenvalue weighted by molar-refractivity contribution is 6.22. The van der Waals surface area contributed by atoms with E-state index in [-0.39, 0.29) is 22.9 Å². The lowest BCUT2D eigenvalue weighted by molar-refractivity contribution is -0.384. The summed E-state index contributed by atoms with van der Waals surface area (Å²) in [5, 5.41) is 13.7. The Morgan fingerprint density at radius 1 is 1.03 bits per heavy atom. The van der Waals surface area contributed by atoms with Crippen molar-refractivity contribution in [1.29, 1.82) is 0 Å². The van der Waals surface area contributed by atoms with Gasteiger partial charge >= 0.3 is 0 Å². The van der Waals surface area contributed by atoms with Crippen molar-refractivity contribution in [2.24, 2.45) is 5.92 Å². The van der Waals surface area contributed by atoms with Gasteiger partial charge in [0.25, 0.3) is 17.5 Å². The van der Waals surface area contributed by atoms with Gasteiger partial charge in [0.1, 0.15) is 6.54 Å². The molecular weight excluding hydrogens is 386 g/mol. The summed E-state index contributed by atoms with van der Waals surface area (Å²) in [6.45, 7) is 5.67. The minimum atomic E-state index is -0.709. The van der Waals surface area contributed by atoms with E-state index in [4.69, 9.17) is 0 Å². The summed E-state index contributed by atoms with van der Waals surface area (Å²) in [7, 11) is 0. The van der Waals surface area contributed by atoms with E-state index >= 15 is 0 Å². The Bertz CT molecular complexity index is 1010. The molecular formula is C22H23N3O5. The molecule has 8 heteroatoms. The first-order valence-electron chi connectivity index (χ1n) is 9.70. The molecule has 1 heterocycles. The summed E-state index contributed by atoms with van der Waals surface area (Å²) in [6, 6.07) is 11.1. The summed E-state index contributed by atoms with van der Waals surface area (Å²) in [6.07, 6.45) is 0.971. The number of nitro groups is 1. The fraction of sp³-hybridized carbons (Fsp3) is 0.318. The molecule has 0 aliphatic carbocycles. The van der Waals surface area contributed by atoms with Crippen molar-refractivity contribution in [2.45, 2.75) is 33.2 Å². The fourth-order valence-corrected chi connectivity index (χ4v) is 3.46. The molecule has 3 rings (SSSR count). The van der Waals surface area contributed by atoms with Gasteiger partial charge in [0.2, 0.25) is 5.91 Å². The van der Waals surface area contributed by atoms with Crippen LogP contribution in [0.2, 0.25) is 0 Å². The normalized spacial score (nSPS) is 14.1. The molecule has 1 aliphatic heterocycles. The van der Waals surface area contributed by atoms with Gasteiger partial charge in [-0.1, -0.05) is 38.1 Å². The van der Waals surface area contributed by atoms with E-state index in [0.717, 1.165) is 23.0 Å². The number of fused-ring (bicyclic) bond motifs is 1. The number of benzene rings is 2. The Morgan fingerprint density at radius 2 is 1.67 bits per heavy atom. The zero-order chi connectivity index (χ0) is 22.0. The average Bonchev–Trinajstić information content (AvgIpc) is 2.92. The van der Waals surface area contributed by atoms with Crippen LogP contribution >= 0.6 is 0 Å². The highest BCUT2D eigenvalue weighted by Crippen LogP contribution is 2.26. The Hall–Kier alpha value is -3.55. The Morgan fingerprint density at radius 3 is 2.27 bits per heavy atom. The number of non-ortho nitro benzene ring substituents is 1. The van der Waals surface area contributed by atoms with Crippen LogP contribution < -0.4 is 5.32 Å². The van der Waals surface area contributed by atoms with Crippen molar-refractivity contribution < 1.29 is 19.3 Å². The highest BCUT2D eigenvalue weighted by Gasteiger charge is 2.37. The van der Waals surface area contributed by atoms with Crippen LogP contribution in [0.5, 0.6) is 0 Å². The smallest absolute Gasteiger partial charge is 0.270 e. The van der Waals surface area contributed by atoms with E-state index in [1.165, 1.54) is 17.7 Å². The number of hydrogen-bond acceptors (Lipinski definition) is 5. The van der Waals surface area contributed by atoms with Crippen molar-refractivity contribution in [1.82, 2.24) is 10.2 Å². The highest BCUT2D eigenvalue weighted by atomic mass is 16.6. The molecule has 2 aromatic rings. The number of rotatable bonds is 7. The molecule has 30 heavy (non-hydrogen) atoms. The van der Waals surface area contributed by atoms with Gasteiger partial charge < -0.3 is 5.32 Å². The topological polar surface area (TPSA) is 110 Å². The van der Waals surface area contributed by atoms with Crippen LogP contribution in [0.25, 0.3) is 0 Å². The van der Waals surface area contributed by atoms with Crippen LogP contribution in [-0.2, 0) is 11.2 Å². The summed E-state index contributed by atoms with van der Waals surface area (Å²) in [5.41, 5.74) is 1.85. The van der Waals surface area contributed by atoms with Gasteiger partial charge in [-0.15, -0.1) is 0 Å². The number of nitrogens with zero attached hydrogens (tertiary/aromatic N) is 2. The Kier molecular flexibility index (Phi) is 5.96. The van der Waals surface area contributed by atoms with E-state index < -0.39 is 29.2 Å². The predicted molar refractivity (Wildman–Crippen MR) is 110 cm³/mol. The molecule has 0 aromatic heterocycles. The molecule has 1 aliphatic rings. The molecule has 0 radical (unpaired) electrons. The van der Waals surface area contributed by atoms with E-state index in [1.807, 2.05) is 31.2 Å². The predicted octanol–water partition coefficient (Wildman–Crippen LogP) is 3.27. The van der Waals surface area contributed by atoms with E-state index in [0.29, 0.717) is 5.92 Å². The van der Waals surface area contributed by atoms with Crippen molar-refractivity contribution in [3.63, 3.8) is 0 Å². The van der Waals surface area contributed by atoms with Crippen LogP contribution in [0, 0.1) is 16.0 Å². The van der Waals surface area contributed by atoms with Gasteiger partial charge in [0.15, 0.2) is 0 Å². The molecule has 0 spiro atoms. The van der Waals surface area contributed by atoms with Crippen LogP contribution in [0.15, 0.2) is 42.5 Å². The maximum Gasteiger partial charge on any atom is 0.270 e. The molecule has 0 saturated carbocycles. The first-order chi connectivity index (χ1) is 14.2. The van der Waals surface area contributed by atoms with Crippen LogP contribution in [0.1, 0.15) is 58.7 Å². The minimum Gasteiger partial charge on any atom is -0.348 e. The maximum atomic E-state index is 12.5. The third-order valence-electron chi connectivity index (χ3n) is 4.97. The molecule has 1 atom stereocenters. The zero-order valence-corrected chi connectivity index (χ0v) is 17.0. The molecule has 156 valence electrons. The van der Waals surface area contributed by atoms with E-state index in [2.05, 4.69) is 19.2 Å².